The third-order valence-corrected chi connectivity index (χ3v) is 6.39. The first-order chi connectivity index (χ1) is 12.3. The molecule has 26 heavy (non-hydrogen) atoms. The number of hydrogen-bond acceptors (Lipinski definition) is 4. The van der Waals surface area contributed by atoms with E-state index in [1.54, 1.807) is 24.3 Å². The van der Waals surface area contributed by atoms with Gasteiger partial charge in [-0.2, -0.15) is 4.31 Å². The van der Waals surface area contributed by atoms with Crippen LogP contribution in [-0.2, 0) is 26.0 Å². The fourth-order valence-electron chi connectivity index (χ4n) is 2.98. The van der Waals surface area contributed by atoms with Crippen LogP contribution in [0.15, 0.2) is 29.2 Å². The molecule has 1 heterocycles. The van der Waals surface area contributed by atoms with Crippen molar-refractivity contribution < 1.29 is 23.1 Å². The smallest absolute Gasteiger partial charge is 0.326 e. The Balaban J connectivity index is 1.91. The van der Waals surface area contributed by atoms with E-state index in [2.05, 4.69) is 5.32 Å². The lowest BCUT2D eigenvalue weighted by Crippen LogP contribution is -2.40. The van der Waals surface area contributed by atoms with E-state index >= 15 is 0 Å². The Bertz CT molecular complexity index is 724. The van der Waals surface area contributed by atoms with Gasteiger partial charge in [0.05, 0.1) is 4.90 Å². The third-order valence-electron chi connectivity index (χ3n) is 4.48. The maximum Gasteiger partial charge on any atom is 0.326 e. The molecule has 1 saturated heterocycles. The highest BCUT2D eigenvalue weighted by Gasteiger charge is 2.26. The van der Waals surface area contributed by atoms with Gasteiger partial charge >= 0.3 is 5.97 Å². The summed E-state index contributed by atoms with van der Waals surface area (Å²) in [5.41, 5.74) is 0.836. The number of carbonyl (C=O) groups is 2. The number of benzene rings is 1. The van der Waals surface area contributed by atoms with Gasteiger partial charge in [-0.15, -0.1) is 0 Å². The van der Waals surface area contributed by atoms with Crippen molar-refractivity contribution >= 4 is 21.9 Å². The highest BCUT2D eigenvalue weighted by molar-refractivity contribution is 7.89. The van der Waals surface area contributed by atoms with Gasteiger partial charge in [0.15, 0.2) is 0 Å². The lowest BCUT2D eigenvalue weighted by molar-refractivity contribution is -0.142. The van der Waals surface area contributed by atoms with Gasteiger partial charge in [-0.3, -0.25) is 4.79 Å². The highest BCUT2D eigenvalue weighted by Crippen LogP contribution is 2.21. The van der Waals surface area contributed by atoms with Gasteiger partial charge in [0.2, 0.25) is 15.9 Å². The van der Waals surface area contributed by atoms with Gasteiger partial charge < -0.3 is 10.4 Å². The lowest BCUT2D eigenvalue weighted by Gasteiger charge is -2.16. The molecule has 144 valence electrons. The molecule has 1 aromatic rings. The van der Waals surface area contributed by atoms with Gasteiger partial charge in [-0.1, -0.05) is 25.5 Å². The second-order valence-electron chi connectivity index (χ2n) is 6.50. The Hall–Kier alpha value is -1.93. The number of aryl methyl sites for hydroxylation is 1. The Morgan fingerprint density at radius 3 is 2.35 bits per heavy atom. The fourth-order valence-corrected chi connectivity index (χ4v) is 4.49. The molecule has 2 N–H and O–H groups in total. The summed E-state index contributed by atoms with van der Waals surface area (Å²) >= 11 is 0. The van der Waals surface area contributed by atoms with Crippen LogP contribution in [0.5, 0.6) is 0 Å². The number of amides is 1. The normalized spacial score (nSPS) is 16.3. The second kappa shape index (κ2) is 9.14. The average molecular weight is 382 g/mol. The Labute approximate surface area is 154 Å². The first kappa shape index (κ1) is 20.4. The van der Waals surface area contributed by atoms with E-state index in [0.29, 0.717) is 32.4 Å². The molecule has 1 amide bonds. The number of nitrogens with one attached hydrogen (secondary N) is 1. The number of hydrogen-bond donors (Lipinski definition) is 2. The van der Waals surface area contributed by atoms with Gasteiger partial charge in [0, 0.05) is 19.5 Å². The van der Waals surface area contributed by atoms with Crippen LogP contribution in [0.1, 0.15) is 44.6 Å². The lowest BCUT2D eigenvalue weighted by atomic mass is 10.1. The van der Waals surface area contributed by atoms with Crippen LogP contribution in [0.3, 0.4) is 0 Å². The minimum absolute atomic E-state index is 0.158. The van der Waals surface area contributed by atoms with E-state index in [0.717, 1.165) is 18.4 Å². The molecule has 0 radical (unpaired) electrons. The Kier molecular flexibility index (Phi) is 7.16. The van der Waals surface area contributed by atoms with Gasteiger partial charge in [0.25, 0.3) is 0 Å². The van der Waals surface area contributed by atoms with Crippen molar-refractivity contribution in [2.45, 2.75) is 56.4 Å². The molecule has 1 fully saturated rings. The maximum absolute atomic E-state index is 12.5. The Morgan fingerprint density at radius 2 is 1.81 bits per heavy atom. The summed E-state index contributed by atoms with van der Waals surface area (Å²) in [6.45, 7) is 2.99. The minimum Gasteiger partial charge on any atom is -0.480 e. The zero-order chi connectivity index (χ0) is 19.2. The number of nitrogens with zero attached hydrogens (tertiary/aromatic N) is 1. The van der Waals surface area contributed by atoms with Crippen LogP contribution in [0.2, 0.25) is 0 Å². The number of aliphatic carboxylic acids is 1. The maximum atomic E-state index is 12.5. The number of sulfonamides is 1. The predicted octanol–water partition coefficient (Wildman–Crippen LogP) is 1.77. The summed E-state index contributed by atoms with van der Waals surface area (Å²) in [5, 5.41) is 11.6. The molecular weight excluding hydrogens is 356 g/mol. The summed E-state index contributed by atoms with van der Waals surface area (Å²) in [6.07, 6.45) is 3.43. The number of carbonyl (C=O) groups excluding carboxylic acids is 1. The number of carboxylic acids is 1. The monoisotopic (exact) mass is 382 g/mol. The van der Waals surface area contributed by atoms with E-state index < -0.39 is 22.0 Å². The van der Waals surface area contributed by atoms with Crippen LogP contribution >= 0.6 is 0 Å². The van der Waals surface area contributed by atoms with Crippen molar-refractivity contribution in [2.75, 3.05) is 13.1 Å². The van der Waals surface area contributed by atoms with Crippen molar-refractivity contribution in [1.29, 1.82) is 0 Å². The first-order valence-electron chi connectivity index (χ1n) is 8.96. The minimum atomic E-state index is -3.43. The molecule has 1 aromatic carbocycles. The topological polar surface area (TPSA) is 104 Å². The van der Waals surface area contributed by atoms with E-state index in [-0.39, 0.29) is 17.2 Å². The molecule has 0 saturated carbocycles. The SMILES string of the molecule is CCCC(NC(=O)CCc1ccc(S(=O)(=O)N2CCCC2)cc1)C(=O)O. The quantitative estimate of drug-likeness (QED) is 0.677. The molecule has 0 aromatic heterocycles. The van der Waals surface area contributed by atoms with Crippen molar-refractivity contribution in [3.8, 4) is 0 Å². The van der Waals surface area contributed by atoms with Crippen molar-refractivity contribution in [2.24, 2.45) is 0 Å². The number of carboxylic acid groups (broad SMARTS) is 1. The molecule has 1 aliphatic rings. The van der Waals surface area contributed by atoms with E-state index in [1.807, 2.05) is 6.92 Å². The van der Waals surface area contributed by atoms with Crippen LogP contribution in [0.4, 0.5) is 0 Å². The molecule has 0 spiro atoms. The molecular formula is C18H26N2O5S. The van der Waals surface area contributed by atoms with E-state index in [1.165, 1.54) is 4.31 Å². The van der Waals surface area contributed by atoms with E-state index in [4.69, 9.17) is 5.11 Å². The van der Waals surface area contributed by atoms with Gasteiger partial charge in [0.1, 0.15) is 6.04 Å². The van der Waals surface area contributed by atoms with Crippen molar-refractivity contribution in [3.05, 3.63) is 29.8 Å². The first-order valence-corrected chi connectivity index (χ1v) is 10.4. The number of rotatable bonds is 9. The van der Waals surface area contributed by atoms with Crippen LogP contribution in [-0.4, -0.2) is 48.8 Å². The van der Waals surface area contributed by atoms with Crippen LogP contribution < -0.4 is 5.32 Å². The third kappa shape index (κ3) is 5.28. The predicted molar refractivity (Wildman–Crippen MR) is 97.2 cm³/mol. The second-order valence-corrected chi connectivity index (χ2v) is 8.44. The zero-order valence-electron chi connectivity index (χ0n) is 15.0. The molecule has 1 aliphatic heterocycles. The van der Waals surface area contributed by atoms with Gasteiger partial charge in [-0.05, 0) is 43.4 Å². The van der Waals surface area contributed by atoms with Crippen LogP contribution in [0, 0.1) is 0 Å². The van der Waals surface area contributed by atoms with Crippen molar-refractivity contribution in [3.63, 3.8) is 0 Å². The molecule has 1 unspecified atom stereocenters. The molecule has 0 aliphatic carbocycles. The van der Waals surface area contributed by atoms with Crippen LogP contribution in [0.25, 0.3) is 0 Å². The van der Waals surface area contributed by atoms with Crippen molar-refractivity contribution in [1.82, 2.24) is 9.62 Å². The van der Waals surface area contributed by atoms with Gasteiger partial charge in [-0.25, -0.2) is 13.2 Å². The summed E-state index contributed by atoms with van der Waals surface area (Å²) in [4.78, 5) is 23.3. The molecule has 2 rings (SSSR count). The highest BCUT2D eigenvalue weighted by atomic mass is 32.2. The Morgan fingerprint density at radius 1 is 1.19 bits per heavy atom. The largest absolute Gasteiger partial charge is 0.480 e. The standard InChI is InChI=1S/C18H26N2O5S/c1-2-5-16(18(22)23)19-17(21)11-8-14-6-9-15(10-7-14)26(24,25)20-12-3-4-13-20/h6-7,9-10,16H,2-5,8,11-13H2,1H3,(H,19,21)(H,22,23). The summed E-state index contributed by atoms with van der Waals surface area (Å²) in [7, 11) is -3.43. The zero-order valence-corrected chi connectivity index (χ0v) is 15.8. The summed E-state index contributed by atoms with van der Waals surface area (Å²) in [5.74, 6) is -1.35. The summed E-state index contributed by atoms with van der Waals surface area (Å²) in [6, 6.07) is 5.68. The van der Waals surface area contributed by atoms with E-state index in [9.17, 15) is 18.0 Å². The molecule has 8 heteroatoms. The average Bonchev–Trinajstić information content (AvgIpc) is 3.15. The fraction of sp³-hybridized carbons (Fsp3) is 0.556. The molecule has 1 atom stereocenters. The molecule has 0 bridgehead atoms. The molecule has 7 nitrogen and oxygen atoms in total. The summed E-state index contributed by atoms with van der Waals surface area (Å²) < 4.78 is 26.4.